The largest absolute Gasteiger partial charge is 0.476 e. The SMILES string of the molecule is O=C(O)c1nc(-c2cc(Br)ccc2F)ncc1F. The summed E-state index contributed by atoms with van der Waals surface area (Å²) in [5.41, 5.74) is -0.800. The molecule has 0 fully saturated rings. The number of aromatic nitrogens is 2. The molecule has 7 heteroatoms. The molecular weight excluding hydrogens is 310 g/mol. The third-order valence-corrected chi connectivity index (χ3v) is 2.61. The number of halogens is 3. The van der Waals surface area contributed by atoms with Crippen molar-refractivity contribution in [1.29, 1.82) is 0 Å². The normalized spacial score (nSPS) is 10.4. The fraction of sp³-hybridized carbons (Fsp3) is 0. The predicted octanol–water partition coefficient (Wildman–Crippen LogP) is 2.88. The Hall–Kier alpha value is -1.89. The third-order valence-electron chi connectivity index (χ3n) is 2.12. The molecule has 0 aliphatic rings. The molecule has 92 valence electrons. The molecule has 2 aromatic rings. The topological polar surface area (TPSA) is 63.1 Å². The highest BCUT2D eigenvalue weighted by molar-refractivity contribution is 9.10. The van der Waals surface area contributed by atoms with Gasteiger partial charge >= 0.3 is 5.97 Å². The Balaban J connectivity index is 2.61. The highest BCUT2D eigenvalue weighted by Crippen LogP contribution is 2.23. The lowest BCUT2D eigenvalue weighted by atomic mass is 10.2. The van der Waals surface area contributed by atoms with Crippen LogP contribution in [0.25, 0.3) is 11.4 Å². The van der Waals surface area contributed by atoms with Crippen molar-refractivity contribution in [2.45, 2.75) is 0 Å². The van der Waals surface area contributed by atoms with Crippen LogP contribution in [0.3, 0.4) is 0 Å². The molecule has 0 saturated carbocycles. The van der Waals surface area contributed by atoms with Crippen molar-refractivity contribution in [3.8, 4) is 11.4 Å². The van der Waals surface area contributed by atoms with Crippen molar-refractivity contribution in [1.82, 2.24) is 9.97 Å². The minimum atomic E-state index is -1.54. The van der Waals surface area contributed by atoms with E-state index in [4.69, 9.17) is 5.11 Å². The summed E-state index contributed by atoms with van der Waals surface area (Å²) < 4.78 is 27.2. The van der Waals surface area contributed by atoms with Crippen LogP contribution in [0.15, 0.2) is 28.9 Å². The molecule has 2 rings (SSSR count). The highest BCUT2D eigenvalue weighted by Gasteiger charge is 2.16. The fourth-order valence-corrected chi connectivity index (χ4v) is 1.68. The van der Waals surface area contributed by atoms with E-state index in [2.05, 4.69) is 25.9 Å². The molecule has 0 bridgehead atoms. The van der Waals surface area contributed by atoms with Crippen LogP contribution in [0.4, 0.5) is 8.78 Å². The van der Waals surface area contributed by atoms with E-state index in [0.29, 0.717) is 10.7 Å². The number of hydrogen-bond donors (Lipinski definition) is 1. The number of nitrogens with zero attached hydrogens (tertiary/aromatic N) is 2. The van der Waals surface area contributed by atoms with E-state index >= 15 is 0 Å². The summed E-state index contributed by atoms with van der Waals surface area (Å²) in [4.78, 5) is 17.8. The van der Waals surface area contributed by atoms with Crippen molar-refractivity contribution in [2.24, 2.45) is 0 Å². The zero-order valence-electron chi connectivity index (χ0n) is 8.69. The van der Waals surface area contributed by atoms with Crippen LogP contribution in [0.2, 0.25) is 0 Å². The molecule has 0 atom stereocenters. The zero-order chi connectivity index (χ0) is 13.3. The van der Waals surface area contributed by atoms with Gasteiger partial charge in [-0.3, -0.25) is 0 Å². The molecule has 4 nitrogen and oxygen atoms in total. The maximum atomic E-state index is 13.5. The Labute approximate surface area is 108 Å². The second kappa shape index (κ2) is 4.77. The Morgan fingerprint density at radius 1 is 1.28 bits per heavy atom. The summed E-state index contributed by atoms with van der Waals surface area (Å²) in [6.07, 6.45) is 0.701. The summed E-state index contributed by atoms with van der Waals surface area (Å²) in [6, 6.07) is 4.03. The van der Waals surface area contributed by atoms with Gasteiger partial charge in [-0.05, 0) is 18.2 Å². The van der Waals surface area contributed by atoms with Crippen molar-refractivity contribution >= 4 is 21.9 Å². The Bertz CT molecular complexity index is 634. The molecule has 0 amide bonds. The number of benzene rings is 1. The minimum absolute atomic E-state index is 0.00752. The predicted molar refractivity (Wildman–Crippen MR) is 62.0 cm³/mol. The molecule has 1 heterocycles. The Kier molecular flexibility index (Phi) is 3.33. The van der Waals surface area contributed by atoms with Gasteiger partial charge in [-0.1, -0.05) is 15.9 Å². The van der Waals surface area contributed by atoms with Gasteiger partial charge in [0.15, 0.2) is 17.3 Å². The maximum absolute atomic E-state index is 13.5. The monoisotopic (exact) mass is 314 g/mol. The number of aromatic carboxylic acids is 1. The van der Waals surface area contributed by atoms with Gasteiger partial charge in [-0.25, -0.2) is 23.5 Å². The number of carboxylic acid groups (broad SMARTS) is 1. The van der Waals surface area contributed by atoms with Crippen LogP contribution in [-0.2, 0) is 0 Å². The van der Waals surface area contributed by atoms with Gasteiger partial charge in [0.05, 0.1) is 11.8 Å². The third kappa shape index (κ3) is 2.35. The van der Waals surface area contributed by atoms with Gasteiger partial charge in [0.25, 0.3) is 0 Å². The number of carbonyl (C=O) groups is 1. The maximum Gasteiger partial charge on any atom is 0.357 e. The molecule has 0 aliphatic carbocycles. The first-order chi connectivity index (χ1) is 8.49. The number of rotatable bonds is 2. The molecule has 18 heavy (non-hydrogen) atoms. The zero-order valence-corrected chi connectivity index (χ0v) is 10.3. The van der Waals surface area contributed by atoms with Crippen molar-refractivity contribution in [2.75, 3.05) is 0 Å². The average molecular weight is 315 g/mol. The Morgan fingerprint density at radius 2 is 2.00 bits per heavy atom. The summed E-state index contributed by atoms with van der Waals surface area (Å²) in [7, 11) is 0. The average Bonchev–Trinajstić information content (AvgIpc) is 2.33. The minimum Gasteiger partial charge on any atom is -0.476 e. The van der Waals surface area contributed by atoms with Gasteiger partial charge in [-0.2, -0.15) is 0 Å². The van der Waals surface area contributed by atoms with Gasteiger partial charge in [0, 0.05) is 4.47 Å². The Morgan fingerprint density at radius 3 is 2.67 bits per heavy atom. The molecule has 1 N–H and O–H groups in total. The standard InChI is InChI=1S/C11H5BrF2N2O2/c12-5-1-2-7(13)6(3-5)10-15-4-8(14)9(16-10)11(17)18/h1-4H,(H,17,18). The summed E-state index contributed by atoms with van der Waals surface area (Å²) in [5.74, 6) is -3.41. The molecule has 0 aliphatic heterocycles. The lowest BCUT2D eigenvalue weighted by Gasteiger charge is -2.04. The van der Waals surface area contributed by atoms with Crippen LogP contribution in [0.1, 0.15) is 10.5 Å². The van der Waals surface area contributed by atoms with E-state index in [9.17, 15) is 13.6 Å². The van der Waals surface area contributed by atoms with E-state index < -0.39 is 23.3 Å². The van der Waals surface area contributed by atoms with Crippen molar-refractivity contribution in [3.05, 3.63) is 46.2 Å². The van der Waals surface area contributed by atoms with Crippen LogP contribution < -0.4 is 0 Å². The smallest absolute Gasteiger partial charge is 0.357 e. The lowest BCUT2D eigenvalue weighted by Crippen LogP contribution is -2.07. The highest BCUT2D eigenvalue weighted by atomic mass is 79.9. The molecule has 0 saturated heterocycles. The van der Waals surface area contributed by atoms with Gasteiger partial charge < -0.3 is 5.11 Å². The first kappa shape index (κ1) is 12.6. The van der Waals surface area contributed by atoms with Gasteiger partial charge in [0.1, 0.15) is 5.82 Å². The molecule has 1 aromatic carbocycles. The molecule has 0 unspecified atom stereocenters. The van der Waals surface area contributed by atoms with Gasteiger partial charge in [0.2, 0.25) is 0 Å². The summed E-state index contributed by atoms with van der Waals surface area (Å²) in [6.45, 7) is 0. The first-order valence-corrected chi connectivity index (χ1v) is 5.49. The molecule has 1 aromatic heterocycles. The van der Waals surface area contributed by atoms with Crippen LogP contribution in [-0.4, -0.2) is 21.0 Å². The van der Waals surface area contributed by atoms with E-state index in [1.807, 2.05) is 0 Å². The fourth-order valence-electron chi connectivity index (χ4n) is 1.32. The van der Waals surface area contributed by atoms with E-state index in [-0.39, 0.29) is 11.4 Å². The van der Waals surface area contributed by atoms with Gasteiger partial charge in [-0.15, -0.1) is 0 Å². The molecular formula is C11H5BrF2N2O2. The van der Waals surface area contributed by atoms with Crippen LogP contribution in [0.5, 0.6) is 0 Å². The number of carboxylic acids is 1. The second-order valence-electron chi connectivity index (χ2n) is 3.32. The second-order valence-corrected chi connectivity index (χ2v) is 4.24. The first-order valence-electron chi connectivity index (χ1n) is 4.70. The van der Waals surface area contributed by atoms with E-state index in [1.54, 1.807) is 0 Å². The van der Waals surface area contributed by atoms with E-state index in [0.717, 1.165) is 0 Å². The molecule has 0 radical (unpaired) electrons. The van der Waals surface area contributed by atoms with Crippen LogP contribution >= 0.6 is 15.9 Å². The van der Waals surface area contributed by atoms with Crippen molar-refractivity contribution < 1.29 is 18.7 Å². The van der Waals surface area contributed by atoms with E-state index in [1.165, 1.54) is 18.2 Å². The number of hydrogen-bond acceptors (Lipinski definition) is 3. The van der Waals surface area contributed by atoms with Crippen molar-refractivity contribution in [3.63, 3.8) is 0 Å². The van der Waals surface area contributed by atoms with Crippen LogP contribution in [0, 0.1) is 11.6 Å². The summed E-state index contributed by atoms with van der Waals surface area (Å²) in [5, 5.41) is 8.73. The molecule has 0 spiro atoms. The quantitative estimate of drug-likeness (QED) is 0.925. The lowest BCUT2D eigenvalue weighted by molar-refractivity contribution is 0.0684. The summed E-state index contributed by atoms with van der Waals surface area (Å²) >= 11 is 3.14.